The zero-order chi connectivity index (χ0) is 19.8. The first-order chi connectivity index (χ1) is 14.1. The van der Waals surface area contributed by atoms with Gasteiger partial charge in [0.2, 0.25) is 0 Å². The highest BCUT2D eigenvalue weighted by Gasteiger charge is 2.35. The van der Waals surface area contributed by atoms with Crippen molar-refractivity contribution in [3.63, 3.8) is 0 Å². The number of aryl methyl sites for hydroxylation is 1. The molecule has 0 saturated carbocycles. The van der Waals surface area contributed by atoms with Crippen molar-refractivity contribution < 1.29 is 0 Å². The molecule has 1 heterocycles. The summed E-state index contributed by atoms with van der Waals surface area (Å²) >= 11 is 0. The molecule has 1 nitrogen and oxygen atoms in total. The molecule has 0 fully saturated rings. The molecule has 4 aromatic rings. The fraction of sp³-hybridized carbons (Fsp3) is 0.214. The van der Waals surface area contributed by atoms with E-state index in [-0.39, 0.29) is 5.41 Å². The number of rotatable bonds is 1. The third-order valence-corrected chi connectivity index (χ3v) is 6.92. The average Bonchev–Trinajstić information content (AvgIpc) is 3.18. The molecule has 3 aromatic carbocycles. The molecule has 29 heavy (non-hydrogen) atoms. The van der Waals surface area contributed by atoms with Crippen LogP contribution in [0.2, 0.25) is 0 Å². The van der Waals surface area contributed by atoms with Crippen molar-refractivity contribution in [2.24, 2.45) is 0 Å². The molecule has 0 bridgehead atoms. The summed E-state index contributed by atoms with van der Waals surface area (Å²) < 4.78 is 2.50. The molecule has 6 rings (SSSR count). The van der Waals surface area contributed by atoms with Crippen LogP contribution in [0.1, 0.15) is 48.2 Å². The Labute approximate surface area is 172 Å². The number of nitrogens with zero attached hydrogens (tertiary/aromatic N) is 1. The fourth-order valence-corrected chi connectivity index (χ4v) is 5.44. The van der Waals surface area contributed by atoms with Crippen LogP contribution >= 0.6 is 0 Å². The summed E-state index contributed by atoms with van der Waals surface area (Å²) in [4.78, 5) is 0. The Morgan fingerprint density at radius 1 is 0.862 bits per heavy atom. The van der Waals surface area contributed by atoms with Gasteiger partial charge in [-0.15, -0.1) is 0 Å². The van der Waals surface area contributed by atoms with E-state index in [2.05, 4.69) is 98.2 Å². The van der Waals surface area contributed by atoms with Gasteiger partial charge in [0.15, 0.2) is 0 Å². The Balaban J connectivity index is 1.62. The van der Waals surface area contributed by atoms with Crippen LogP contribution in [0.4, 0.5) is 0 Å². The molecule has 0 aliphatic heterocycles. The minimum absolute atomic E-state index is 0.0234. The Morgan fingerprint density at radius 3 is 2.48 bits per heavy atom. The van der Waals surface area contributed by atoms with Crippen molar-refractivity contribution in [2.75, 3.05) is 0 Å². The highest BCUT2D eigenvalue weighted by molar-refractivity contribution is 5.93. The van der Waals surface area contributed by atoms with Gasteiger partial charge >= 0.3 is 0 Å². The molecule has 1 aromatic heterocycles. The predicted octanol–water partition coefficient (Wildman–Crippen LogP) is 7.20. The maximum absolute atomic E-state index is 2.50. The molecule has 0 N–H and O–H groups in total. The van der Waals surface area contributed by atoms with E-state index in [0.717, 1.165) is 12.8 Å². The normalized spacial score (nSPS) is 16.0. The van der Waals surface area contributed by atoms with E-state index in [1.165, 1.54) is 55.7 Å². The maximum Gasteiger partial charge on any atom is 0.0537 e. The largest absolute Gasteiger partial charge is 0.313 e. The molecule has 0 radical (unpaired) electrons. The average molecular weight is 376 g/mol. The molecule has 0 spiro atoms. The Kier molecular flexibility index (Phi) is 3.33. The summed E-state index contributed by atoms with van der Waals surface area (Å²) in [7, 11) is 0. The lowest BCUT2D eigenvalue weighted by molar-refractivity contribution is 0.659. The number of hydrogen-bond acceptors (Lipinski definition) is 0. The van der Waals surface area contributed by atoms with Gasteiger partial charge in [0, 0.05) is 27.7 Å². The van der Waals surface area contributed by atoms with E-state index in [4.69, 9.17) is 0 Å². The van der Waals surface area contributed by atoms with E-state index in [0.29, 0.717) is 0 Å². The van der Waals surface area contributed by atoms with Crippen LogP contribution in [0.3, 0.4) is 0 Å². The Bertz CT molecular complexity index is 1330. The maximum atomic E-state index is 2.50. The second kappa shape index (κ2) is 5.73. The SMILES string of the molecule is Cc1ccc2c(c1)C(C)(C)c1cc(-n3c4c(c5ccccc53)C=CCC4)ccc1-2. The second-order valence-corrected chi connectivity index (χ2v) is 9.06. The molecule has 0 saturated heterocycles. The standard InChI is InChI=1S/C28H25N/c1-18-12-14-20-21-15-13-19(17-25(21)28(2,3)24(20)16-18)29-26-10-6-4-8-22(26)23-9-5-7-11-27(23)29/h4-6,8-10,12-17H,7,11H2,1-3H3. The molecule has 2 aliphatic rings. The number of aromatic nitrogens is 1. The van der Waals surface area contributed by atoms with Crippen LogP contribution in [0.15, 0.2) is 66.7 Å². The van der Waals surface area contributed by atoms with Gasteiger partial charge < -0.3 is 4.57 Å². The minimum atomic E-state index is 0.0234. The molecule has 0 unspecified atom stereocenters. The van der Waals surface area contributed by atoms with Crippen molar-refractivity contribution in [1.29, 1.82) is 0 Å². The van der Waals surface area contributed by atoms with Gasteiger partial charge in [-0.2, -0.15) is 0 Å². The third-order valence-electron chi connectivity index (χ3n) is 6.92. The van der Waals surface area contributed by atoms with Crippen molar-refractivity contribution >= 4 is 17.0 Å². The summed E-state index contributed by atoms with van der Waals surface area (Å²) in [5.41, 5.74) is 12.5. The lowest BCUT2D eigenvalue weighted by Gasteiger charge is -2.23. The van der Waals surface area contributed by atoms with Gasteiger partial charge in [0.1, 0.15) is 0 Å². The van der Waals surface area contributed by atoms with Crippen molar-refractivity contribution in [1.82, 2.24) is 4.57 Å². The van der Waals surface area contributed by atoms with E-state index in [1.807, 2.05) is 0 Å². The van der Waals surface area contributed by atoms with E-state index >= 15 is 0 Å². The van der Waals surface area contributed by atoms with E-state index < -0.39 is 0 Å². The molecule has 2 aliphatic carbocycles. The van der Waals surface area contributed by atoms with E-state index in [1.54, 1.807) is 0 Å². The summed E-state index contributed by atoms with van der Waals surface area (Å²) in [5, 5.41) is 1.36. The van der Waals surface area contributed by atoms with Crippen LogP contribution in [0.25, 0.3) is 33.8 Å². The summed E-state index contributed by atoms with van der Waals surface area (Å²) in [6, 6.07) is 22.8. The van der Waals surface area contributed by atoms with Gasteiger partial charge in [-0.1, -0.05) is 74.0 Å². The van der Waals surface area contributed by atoms with E-state index in [9.17, 15) is 0 Å². The molecule has 0 amide bonds. The first-order valence-electron chi connectivity index (χ1n) is 10.6. The molecule has 0 atom stereocenters. The number of fused-ring (bicyclic) bond motifs is 6. The van der Waals surface area contributed by atoms with Gasteiger partial charge in [-0.05, 0) is 60.2 Å². The van der Waals surface area contributed by atoms with Crippen molar-refractivity contribution in [3.8, 4) is 16.8 Å². The van der Waals surface area contributed by atoms with Gasteiger partial charge in [0.05, 0.1) is 5.52 Å². The first kappa shape index (κ1) is 16.9. The zero-order valence-electron chi connectivity index (χ0n) is 17.3. The van der Waals surface area contributed by atoms with Crippen LogP contribution in [0, 0.1) is 6.92 Å². The summed E-state index contributed by atoms with van der Waals surface area (Å²) in [6.45, 7) is 6.93. The second-order valence-electron chi connectivity index (χ2n) is 9.06. The number of allylic oxidation sites excluding steroid dienone is 1. The highest BCUT2D eigenvalue weighted by atomic mass is 15.0. The topological polar surface area (TPSA) is 4.93 Å². The Hall–Kier alpha value is -3.06. The third kappa shape index (κ3) is 2.22. The summed E-state index contributed by atoms with van der Waals surface area (Å²) in [6.07, 6.45) is 6.84. The zero-order valence-corrected chi connectivity index (χ0v) is 17.3. The van der Waals surface area contributed by atoms with Crippen molar-refractivity contribution in [2.45, 2.75) is 39.0 Å². The summed E-state index contributed by atoms with van der Waals surface area (Å²) in [5.74, 6) is 0. The first-order valence-corrected chi connectivity index (χ1v) is 10.6. The van der Waals surface area contributed by atoms with Gasteiger partial charge in [0.25, 0.3) is 0 Å². The highest BCUT2D eigenvalue weighted by Crippen LogP contribution is 2.49. The molecule has 1 heteroatoms. The van der Waals surface area contributed by atoms with Crippen LogP contribution < -0.4 is 0 Å². The van der Waals surface area contributed by atoms with Gasteiger partial charge in [-0.3, -0.25) is 0 Å². The minimum Gasteiger partial charge on any atom is -0.313 e. The van der Waals surface area contributed by atoms with Crippen LogP contribution in [-0.2, 0) is 11.8 Å². The smallest absolute Gasteiger partial charge is 0.0537 e. The number of benzene rings is 3. The van der Waals surface area contributed by atoms with Crippen molar-refractivity contribution in [3.05, 3.63) is 94.7 Å². The number of hydrogen-bond donors (Lipinski definition) is 0. The molecule has 142 valence electrons. The van der Waals surface area contributed by atoms with Gasteiger partial charge in [-0.25, -0.2) is 0 Å². The molecular weight excluding hydrogens is 350 g/mol. The monoisotopic (exact) mass is 375 g/mol. The quantitative estimate of drug-likeness (QED) is 0.331. The Morgan fingerprint density at radius 2 is 1.62 bits per heavy atom. The lowest BCUT2D eigenvalue weighted by Crippen LogP contribution is -2.15. The van der Waals surface area contributed by atoms with Crippen LogP contribution in [-0.4, -0.2) is 4.57 Å². The predicted molar refractivity (Wildman–Crippen MR) is 123 cm³/mol. The lowest BCUT2D eigenvalue weighted by atomic mass is 9.82. The molecular formula is C28H25N. The number of para-hydroxylation sites is 1. The van der Waals surface area contributed by atoms with Crippen LogP contribution in [0.5, 0.6) is 0 Å². The fourth-order valence-electron chi connectivity index (χ4n) is 5.44.